The lowest BCUT2D eigenvalue weighted by Gasteiger charge is -2.18. The number of para-hydroxylation sites is 1. The molecular weight excluding hydrogens is 299 g/mol. The third kappa shape index (κ3) is 3.45. The Morgan fingerprint density at radius 3 is 2.96 bits per heavy atom. The lowest BCUT2D eigenvalue weighted by Crippen LogP contribution is -2.32. The number of benzene rings is 1. The van der Waals surface area contributed by atoms with Gasteiger partial charge in [-0.1, -0.05) is 18.2 Å². The maximum absolute atomic E-state index is 13.8. The van der Waals surface area contributed by atoms with Gasteiger partial charge in [-0.05, 0) is 18.6 Å². The topological polar surface area (TPSA) is 71.3 Å². The van der Waals surface area contributed by atoms with Crippen LogP contribution in [0.1, 0.15) is 12.0 Å². The van der Waals surface area contributed by atoms with E-state index in [-0.39, 0.29) is 22.5 Å². The Balaban J connectivity index is 1.61. The molecule has 1 N–H and O–H groups in total. The zero-order valence-electron chi connectivity index (χ0n) is 12.5. The highest BCUT2D eigenvalue weighted by Gasteiger charge is 2.25. The summed E-state index contributed by atoms with van der Waals surface area (Å²) in [7, 11) is 0. The molecular formula is C16H17FN4O2. The molecule has 0 spiro atoms. The lowest BCUT2D eigenvalue weighted by molar-refractivity contribution is -0.385. The van der Waals surface area contributed by atoms with Crippen LogP contribution in [0.4, 0.5) is 15.9 Å². The number of nitro benzene ring substituents is 1. The van der Waals surface area contributed by atoms with Crippen molar-refractivity contribution in [2.24, 2.45) is 0 Å². The summed E-state index contributed by atoms with van der Waals surface area (Å²) in [6.45, 7) is 1.76. The molecule has 1 atom stereocenters. The second-order valence-electron chi connectivity index (χ2n) is 5.51. The summed E-state index contributed by atoms with van der Waals surface area (Å²) in [4.78, 5) is 16.6. The average molecular weight is 316 g/mol. The fourth-order valence-electron chi connectivity index (χ4n) is 2.82. The van der Waals surface area contributed by atoms with Crippen LogP contribution in [-0.4, -0.2) is 29.0 Å². The number of hydrogen-bond donors (Lipinski definition) is 1. The first-order valence-corrected chi connectivity index (χ1v) is 7.46. The highest BCUT2D eigenvalue weighted by atomic mass is 19.1. The number of anilines is 1. The van der Waals surface area contributed by atoms with Gasteiger partial charge in [0.05, 0.1) is 4.92 Å². The molecule has 120 valence electrons. The van der Waals surface area contributed by atoms with Gasteiger partial charge in [0.1, 0.15) is 0 Å². The molecule has 3 rings (SSSR count). The molecule has 0 aliphatic carbocycles. The van der Waals surface area contributed by atoms with Crippen molar-refractivity contribution in [1.82, 2.24) is 10.3 Å². The smallest absolute Gasteiger partial charge is 0.273 e. The fraction of sp³-hybridized carbons (Fsp3) is 0.312. The molecule has 2 aromatic rings. The van der Waals surface area contributed by atoms with E-state index in [0.29, 0.717) is 31.0 Å². The van der Waals surface area contributed by atoms with Gasteiger partial charge in [-0.25, -0.2) is 9.37 Å². The van der Waals surface area contributed by atoms with Gasteiger partial charge in [0.25, 0.3) is 5.69 Å². The predicted molar refractivity (Wildman–Crippen MR) is 84.7 cm³/mol. The monoisotopic (exact) mass is 316 g/mol. The average Bonchev–Trinajstić information content (AvgIpc) is 3.02. The van der Waals surface area contributed by atoms with Gasteiger partial charge >= 0.3 is 0 Å². The van der Waals surface area contributed by atoms with Crippen molar-refractivity contribution >= 4 is 11.5 Å². The maximum atomic E-state index is 13.8. The molecule has 2 heterocycles. The summed E-state index contributed by atoms with van der Waals surface area (Å²) >= 11 is 0. The quantitative estimate of drug-likeness (QED) is 0.678. The second kappa shape index (κ2) is 6.70. The molecule has 1 aliphatic rings. The van der Waals surface area contributed by atoms with Crippen LogP contribution in [0.15, 0.2) is 42.6 Å². The molecule has 0 radical (unpaired) electrons. The van der Waals surface area contributed by atoms with Crippen LogP contribution in [-0.2, 0) is 6.54 Å². The van der Waals surface area contributed by atoms with Crippen LogP contribution in [0.25, 0.3) is 0 Å². The fourth-order valence-corrected chi connectivity index (χ4v) is 2.82. The van der Waals surface area contributed by atoms with E-state index in [2.05, 4.69) is 10.3 Å². The zero-order chi connectivity index (χ0) is 16.2. The Morgan fingerprint density at radius 2 is 2.17 bits per heavy atom. The molecule has 1 aromatic carbocycles. The molecule has 0 amide bonds. The lowest BCUT2D eigenvalue weighted by atomic mass is 10.1. The molecule has 1 aromatic heterocycles. The summed E-state index contributed by atoms with van der Waals surface area (Å²) in [5.74, 6) is 0.0364. The van der Waals surface area contributed by atoms with E-state index in [4.69, 9.17) is 0 Å². The van der Waals surface area contributed by atoms with Crippen molar-refractivity contribution in [2.45, 2.75) is 19.0 Å². The van der Waals surface area contributed by atoms with Gasteiger partial charge in [-0.2, -0.15) is 0 Å². The standard InChI is InChI=1S/C16H17FN4O2/c17-14-5-3-8-18-16(14)20-9-7-13(11-20)19-10-12-4-1-2-6-15(12)21(22)23/h1-6,8,13,19H,7,9-11H2/t13-/m1/s1. The number of aromatic nitrogens is 1. The van der Waals surface area contributed by atoms with Crippen LogP contribution in [0, 0.1) is 15.9 Å². The van der Waals surface area contributed by atoms with Gasteiger partial charge < -0.3 is 10.2 Å². The number of pyridine rings is 1. The summed E-state index contributed by atoms with van der Waals surface area (Å²) in [6.07, 6.45) is 2.42. The van der Waals surface area contributed by atoms with E-state index < -0.39 is 0 Å². The Labute approximate surface area is 133 Å². The third-order valence-electron chi connectivity index (χ3n) is 4.00. The number of nitro groups is 1. The predicted octanol–water partition coefficient (Wildman–Crippen LogP) is 2.50. The van der Waals surface area contributed by atoms with Gasteiger partial charge in [-0.15, -0.1) is 0 Å². The molecule has 1 saturated heterocycles. The van der Waals surface area contributed by atoms with E-state index in [1.807, 2.05) is 4.90 Å². The Morgan fingerprint density at radius 1 is 1.35 bits per heavy atom. The molecule has 6 nitrogen and oxygen atoms in total. The first-order valence-electron chi connectivity index (χ1n) is 7.46. The Kier molecular flexibility index (Phi) is 4.47. The molecule has 0 saturated carbocycles. The normalized spacial score (nSPS) is 17.4. The van der Waals surface area contributed by atoms with Crippen LogP contribution in [0.2, 0.25) is 0 Å². The molecule has 1 aliphatic heterocycles. The van der Waals surface area contributed by atoms with Crippen molar-refractivity contribution in [2.75, 3.05) is 18.0 Å². The molecule has 1 fully saturated rings. The summed E-state index contributed by atoms with van der Waals surface area (Å²) < 4.78 is 13.8. The zero-order valence-corrected chi connectivity index (χ0v) is 12.5. The van der Waals surface area contributed by atoms with Gasteiger partial charge in [0.15, 0.2) is 11.6 Å². The van der Waals surface area contributed by atoms with Crippen molar-refractivity contribution in [1.29, 1.82) is 0 Å². The highest BCUT2D eigenvalue weighted by molar-refractivity contribution is 5.42. The first-order chi connectivity index (χ1) is 11.1. The SMILES string of the molecule is O=[N+]([O-])c1ccccc1CN[C@@H]1CCN(c2ncccc2F)C1. The summed E-state index contributed by atoms with van der Waals surface area (Å²) in [5, 5.41) is 14.3. The van der Waals surface area contributed by atoms with Crippen LogP contribution in [0.3, 0.4) is 0 Å². The molecule has 0 bridgehead atoms. The minimum Gasteiger partial charge on any atom is -0.353 e. The van der Waals surface area contributed by atoms with Gasteiger partial charge in [0.2, 0.25) is 0 Å². The van der Waals surface area contributed by atoms with Crippen molar-refractivity contribution in [3.05, 3.63) is 64.1 Å². The second-order valence-corrected chi connectivity index (χ2v) is 5.51. The third-order valence-corrected chi connectivity index (χ3v) is 4.00. The van der Waals surface area contributed by atoms with E-state index in [1.54, 1.807) is 30.5 Å². The van der Waals surface area contributed by atoms with Crippen molar-refractivity contribution in [3.63, 3.8) is 0 Å². The van der Waals surface area contributed by atoms with Crippen LogP contribution in [0.5, 0.6) is 0 Å². The Hall–Kier alpha value is -2.54. The number of nitrogens with one attached hydrogen (secondary N) is 1. The van der Waals surface area contributed by atoms with Crippen molar-refractivity contribution < 1.29 is 9.31 Å². The largest absolute Gasteiger partial charge is 0.353 e. The number of rotatable bonds is 5. The Bertz CT molecular complexity index is 710. The maximum Gasteiger partial charge on any atom is 0.273 e. The van der Waals surface area contributed by atoms with Gasteiger partial charge in [0, 0.05) is 43.5 Å². The van der Waals surface area contributed by atoms with E-state index in [0.717, 1.165) is 6.42 Å². The number of nitrogens with zero attached hydrogens (tertiary/aromatic N) is 3. The first kappa shape index (κ1) is 15.4. The van der Waals surface area contributed by atoms with Crippen LogP contribution < -0.4 is 10.2 Å². The minimum absolute atomic E-state index is 0.116. The van der Waals surface area contributed by atoms with Crippen molar-refractivity contribution in [3.8, 4) is 0 Å². The summed E-state index contributed by atoms with van der Waals surface area (Å²) in [5.41, 5.74) is 0.769. The van der Waals surface area contributed by atoms with Gasteiger partial charge in [-0.3, -0.25) is 10.1 Å². The number of halogens is 1. The minimum atomic E-state index is -0.374. The van der Waals surface area contributed by atoms with E-state index >= 15 is 0 Å². The molecule has 23 heavy (non-hydrogen) atoms. The van der Waals surface area contributed by atoms with E-state index in [1.165, 1.54) is 12.1 Å². The molecule has 0 unspecified atom stereocenters. The highest BCUT2D eigenvalue weighted by Crippen LogP contribution is 2.22. The van der Waals surface area contributed by atoms with Crippen LogP contribution >= 0.6 is 0 Å². The summed E-state index contributed by atoms with van der Waals surface area (Å²) in [6, 6.07) is 9.81. The van der Waals surface area contributed by atoms with E-state index in [9.17, 15) is 14.5 Å². The molecule has 7 heteroatoms. The number of hydrogen-bond acceptors (Lipinski definition) is 5.